The summed E-state index contributed by atoms with van der Waals surface area (Å²) >= 11 is 0. The first-order valence-electron chi connectivity index (χ1n) is 18.3. The maximum atomic E-state index is 6.63. The van der Waals surface area contributed by atoms with Gasteiger partial charge in [-0.2, -0.15) is 0 Å². The lowest BCUT2D eigenvalue weighted by atomic mass is 9.93. The summed E-state index contributed by atoms with van der Waals surface area (Å²) in [6.07, 6.45) is 0. The molecule has 0 aliphatic rings. The first-order valence-corrected chi connectivity index (χ1v) is 18.3. The maximum absolute atomic E-state index is 6.63. The number of para-hydroxylation sites is 1. The fourth-order valence-corrected chi connectivity index (χ4v) is 7.68. The van der Waals surface area contributed by atoms with Gasteiger partial charge in [-0.1, -0.05) is 164 Å². The Hall–Kier alpha value is -7.23. The Balaban J connectivity index is 1.25. The molecule has 0 spiro atoms. The topological polar surface area (TPSA) is 29.3 Å². The zero-order valence-corrected chi connectivity index (χ0v) is 29.4. The Labute approximate surface area is 314 Å². The molecule has 0 aliphatic carbocycles. The highest BCUT2D eigenvalue weighted by molar-refractivity contribution is 6.19. The van der Waals surface area contributed by atoms with E-state index < -0.39 is 0 Å². The molecule has 0 saturated heterocycles. The van der Waals surface area contributed by atoms with Crippen LogP contribution in [0.2, 0.25) is 0 Å². The van der Waals surface area contributed by atoms with E-state index in [1.165, 1.54) is 11.1 Å². The number of nitrogens with zero attached hydrogens (tertiary/aromatic N) is 2. The molecule has 3 heteroatoms. The van der Waals surface area contributed by atoms with E-state index in [2.05, 4.69) is 181 Å². The number of hydrogen-bond acceptors (Lipinski definition) is 3. The van der Waals surface area contributed by atoms with Crippen LogP contribution in [0.15, 0.2) is 211 Å². The normalized spacial score (nSPS) is 11.3. The van der Waals surface area contributed by atoms with Crippen molar-refractivity contribution in [2.45, 2.75) is 0 Å². The molecule has 3 nitrogen and oxygen atoms in total. The van der Waals surface area contributed by atoms with Gasteiger partial charge in [0.25, 0.3) is 0 Å². The van der Waals surface area contributed by atoms with Gasteiger partial charge in [-0.25, -0.2) is 4.98 Å². The molecular formula is C51H34N2O. The highest BCUT2D eigenvalue weighted by Gasteiger charge is 2.23. The van der Waals surface area contributed by atoms with Crippen LogP contribution in [0.25, 0.3) is 77.5 Å². The highest BCUT2D eigenvalue weighted by atomic mass is 16.3. The van der Waals surface area contributed by atoms with E-state index in [1.54, 1.807) is 0 Å². The molecule has 10 aromatic rings. The predicted octanol–water partition coefficient (Wildman–Crippen LogP) is 14.3. The van der Waals surface area contributed by atoms with Crippen LogP contribution in [0.3, 0.4) is 0 Å². The van der Waals surface area contributed by atoms with Crippen molar-refractivity contribution < 1.29 is 4.42 Å². The van der Waals surface area contributed by atoms with Crippen molar-refractivity contribution >= 4 is 49.7 Å². The van der Waals surface area contributed by atoms with Gasteiger partial charge in [0, 0.05) is 33.5 Å². The van der Waals surface area contributed by atoms with E-state index in [1.807, 2.05) is 30.3 Å². The van der Waals surface area contributed by atoms with E-state index in [4.69, 9.17) is 9.40 Å². The molecule has 9 aromatic carbocycles. The number of benzene rings is 9. The third-order valence-corrected chi connectivity index (χ3v) is 10.3. The van der Waals surface area contributed by atoms with Crippen LogP contribution >= 0.6 is 0 Å². The molecule has 0 saturated carbocycles. The molecule has 0 aliphatic heterocycles. The van der Waals surface area contributed by atoms with Crippen molar-refractivity contribution in [3.05, 3.63) is 206 Å². The molecule has 0 bridgehead atoms. The smallest absolute Gasteiger partial charge is 0.227 e. The van der Waals surface area contributed by atoms with Gasteiger partial charge >= 0.3 is 0 Å². The summed E-state index contributed by atoms with van der Waals surface area (Å²) in [5.74, 6) is 0.621. The third kappa shape index (κ3) is 5.60. The minimum absolute atomic E-state index is 0.621. The van der Waals surface area contributed by atoms with Gasteiger partial charge in [-0.15, -0.1) is 0 Å². The fourth-order valence-electron chi connectivity index (χ4n) is 7.68. The van der Waals surface area contributed by atoms with E-state index in [0.29, 0.717) is 5.89 Å². The van der Waals surface area contributed by atoms with Crippen LogP contribution in [-0.2, 0) is 0 Å². The lowest BCUT2D eigenvalue weighted by Gasteiger charge is -2.31. The second kappa shape index (κ2) is 13.4. The highest BCUT2D eigenvalue weighted by Crippen LogP contribution is 2.48. The second-order valence-corrected chi connectivity index (χ2v) is 13.6. The van der Waals surface area contributed by atoms with E-state index in [0.717, 1.165) is 77.5 Å². The van der Waals surface area contributed by atoms with Gasteiger partial charge in [0.1, 0.15) is 5.52 Å². The van der Waals surface area contributed by atoms with Gasteiger partial charge in [0.2, 0.25) is 5.89 Å². The van der Waals surface area contributed by atoms with Gasteiger partial charge in [0.15, 0.2) is 5.58 Å². The van der Waals surface area contributed by atoms with Crippen LogP contribution in [0.4, 0.5) is 17.1 Å². The summed E-state index contributed by atoms with van der Waals surface area (Å²) in [6.45, 7) is 0. The lowest BCUT2D eigenvalue weighted by Crippen LogP contribution is -2.12. The average molecular weight is 691 g/mol. The van der Waals surface area contributed by atoms with Crippen molar-refractivity contribution in [1.29, 1.82) is 0 Å². The molecule has 254 valence electrons. The SMILES string of the molecule is c1ccc(-c2ccc(N(c3ccc4ccc5ccc6nc(-c7ccccc7)oc6c5c4c3)c3c(-c4ccccc4)cccc3-c3ccccc3)cc2)cc1. The van der Waals surface area contributed by atoms with E-state index in [9.17, 15) is 0 Å². The van der Waals surface area contributed by atoms with Crippen LogP contribution in [-0.4, -0.2) is 4.98 Å². The van der Waals surface area contributed by atoms with Crippen molar-refractivity contribution in [1.82, 2.24) is 4.98 Å². The lowest BCUT2D eigenvalue weighted by molar-refractivity contribution is 0.623. The number of aromatic nitrogens is 1. The minimum Gasteiger partial charge on any atom is -0.435 e. The Kier molecular flexibility index (Phi) is 7.81. The Morgan fingerprint density at radius 3 is 1.52 bits per heavy atom. The maximum Gasteiger partial charge on any atom is 0.227 e. The molecule has 0 N–H and O–H groups in total. The first-order chi connectivity index (χ1) is 26.8. The van der Waals surface area contributed by atoms with Gasteiger partial charge < -0.3 is 9.32 Å². The molecular weight excluding hydrogens is 657 g/mol. The molecule has 1 heterocycles. The standard InChI is InChI=1S/C51H34N2O/c1-5-14-35(15-6-1)36-26-30-42(31-27-36)53(49-44(37-16-7-2-8-17-37)22-13-23-45(49)38-18-9-3-10-19-38)43-32-28-39-24-25-40-29-33-47-50(48(40)46(39)34-43)54-51(52-47)41-20-11-4-12-21-41/h1-34H. The third-order valence-electron chi connectivity index (χ3n) is 10.3. The van der Waals surface area contributed by atoms with Gasteiger partial charge in [-0.05, 0) is 80.9 Å². The monoisotopic (exact) mass is 690 g/mol. The van der Waals surface area contributed by atoms with Crippen molar-refractivity contribution in [2.24, 2.45) is 0 Å². The number of anilines is 3. The summed E-state index contributed by atoms with van der Waals surface area (Å²) in [6, 6.07) is 73.1. The van der Waals surface area contributed by atoms with Crippen LogP contribution < -0.4 is 4.90 Å². The molecule has 0 atom stereocenters. The zero-order chi connectivity index (χ0) is 35.8. The van der Waals surface area contributed by atoms with Crippen LogP contribution in [0, 0.1) is 0 Å². The number of oxazole rings is 1. The molecule has 10 rings (SSSR count). The summed E-state index contributed by atoms with van der Waals surface area (Å²) < 4.78 is 6.63. The average Bonchev–Trinajstić information content (AvgIpc) is 3.70. The summed E-state index contributed by atoms with van der Waals surface area (Å²) in [7, 11) is 0. The molecule has 0 radical (unpaired) electrons. The Morgan fingerprint density at radius 2 is 0.889 bits per heavy atom. The van der Waals surface area contributed by atoms with Gasteiger partial charge in [0.05, 0.1) is 5.69 Å². The second-order valence-electron chi connectivity index (χ2n) is 13.6. The van der Waals surface area contributed by atoms with Crippen LogP contribution in [0.1, 0.15) is 0 Å². The zero-order valence-electron chi connectivity index (χ0n) is 29.4. The number of hydrogen-bond donors (Lipinski definition) is 0. The van der Waals surface area contributed by atoms with E-state index >= 15 is 0 Å². The summed E-state index contributed by atoms with van der Waals surface area (Å²) in [5.41, 5.74) is 12.8. The quantitative estimate of drug-likeness (QED) is 0.156. The van der Waals surface area contributed by atoms with Gasteiger partial charge in [-0.3, -0.25) is 0 Å². The summed E-state index contributed by atoms with van der Waals surface area (Å²) in [4.78, 5) is 7.36. The molecule has 54 heavy (non-hydrogen) atoms. The Morgan fingerprint density at radius 1 is 0.389 bits per heavy atom. The van der Waals surface area contributed by atoms with Crippen LogP contribution in [0.5, 0.6) is 0 Å². The summed E-state index contributed by atoms with van der Waals surface area (Å²) in [5, 5.41) is 4.41. The Bertz CT molecular complexity index is 2840. The molecule has 0 fully saturated rings. The molecule has 1 aromatic heterocycles. The number of fused-ring (bicyclic) bond motifs is 5. The molecule has 0 amide bonds. The van der Waals surface area contributed by atoms with Crippen molar-refractivity contribution in [2.75, 3.05) is 4.90 Å². The first kappa shape index (κ1) is 31.5. The van der Waals surface area contributed by atoms with Crippen molar-refractivity contribution in [3.63, 3.8) is 0 Å². The molecule has 0 unspecified atom stereocenters. The van der Waals surface area contributed by atoms with Crippen molar-refractivity contribution in [3.8, 4) is 44.8 Å². The fraction of sp³-hybridized carbons (Fsp3) is 0. The predicted molar refractivity (Wildman–Crippen MR) is 225 cm³/mol. The largest absolute Gasteiger partial charge is 0.435 e. The minimum atomic E-state index is 0.621. The number of rotatable bonds is 7. The van der Waals surface area contributed by atoms with E-state index in [-0.39, 0.29) is 0 Å².